The highest BCUT2D eigenvalue weighted by molar-refractivity contribution is 5.69. The minimum atomic E-state index is -5.77. The number of hydrogen-bond acceptors (Lipinski definition) is 2. The molecule has 3 rings (SSSR count). The smallest absolute Gasteiger partial charge is 0.440 e. The fourth-order valence-electron chi connectivity index (χ4n) is 2.37. The van der Waals surface area contributed by atoms with Crippen molar-refractivity contribution in [2.24, 2.45) is 0 Å². The molecule has 0 atom stereocenters. The van der Waals surface area contributed by atoms with Crippen molar-refractivity contribution >= 4 is 0 Å². The number of aryl methyl sites for hydroxylation is 1. The first-order chi connectivity index (χ1) is 11.7. The van der Waals surface area contributed by atoms with E-state index < -0.39 is 18.0 Å². The normalized spacial score (nSPS) is 12.4. The van der Waals surface area contributed by atoms with Gasteiger partial charge in [-0.05, 0) is 18.1 Å². The van der Waals surface area contributed by atoms with Crippen molar-refractivity contribution < 1.29 is 26.4 Å². The summed E-state index contributed by atoms with van der Waals surface area (Å²) >= 11 is 0. The first-order valence-corrected chi connectivity index (χ1v) is 7.28. The Morgan fingerprint density at radius 2 is 1.28 bits per heavy atom. The highest BCUT2D eigenvalue weighted by atomic mass is 19.4. The maximum atomic E-state index is 13.4. The average molecular weight is 353 g/mol. The van der Waals surface area contributed by atoms with Crippen molar-refractivity contribution in [3.05, 3.63) is 66.2 Å². The van der Waals surface area contributed by atoms with Gasteiger partial charge in [0.05, 0.1) is 0 Å². The Balaban J connectivity index is 1.96. The second-order valence-electron chi connectivity index (χ2n) is 5.44. The van der Waals surface area contributed by atoms with E-state index in [-0.39, 0.29) is 11.5 Å². The van der Waals surface area contributed by atoms with E-state index in [4.69, 9.17) is 0 Å². The second kappa shape index (κ2) is 5.98. The summed E-state index contributed by atoms with van der Waals surface area (Å²) in [6.45, 7) is 1.30. The van der Waals surface area contributed by atoms with Gasteiger partial charge in [0, 0.05) is 5.56 Å². The molecule has 7 heteroatoms. The molecule has 0 aliphatic carbocycles. The molecule has 1 heterocycles. The van der Waals surface area contributed by atoms with Crippen LogP contribution in [0.3, 0.4) is 0 Å². The van der Waals surface area contributed by atoms with E-state index in [1.165, 1.54) is 6.92 Å². The molecule has 1 aromatic heterocycles. The van der Waals surface area contributed by atoms with Gasteiger partial charge in [0.1, 0.15) is 11.5 Å². The number of alkyl halides is 5. The highest BCUT2D eigenvalue weighted by Gasteiger charge is 2.62. The Bertz CT molecular complexity index is 867. The molecule has 0 aliphatic rings. The van der Waals surface area contributed by atoms with E-state index in [0.717, 1.165) is 11.1 Å². The van der Waals surface area contributed by atoms with Gasteiger partial charge >= 0.3 is 12.1 Å². The summed E-state index contributed by atoms with van der Waals surface area (Å²) in [7, 11) is 0. The monoisotopic (exact) mass is 353 g/mol. The van der Waals surface area contributed by atoms with Gasteiger partial charge in [0.25, 0.3) is 5.89 Å². The molecule has 2 aromatic carbocycles. The van der Waals surface area contributed by atoms with Crippen LogP contribution >= 0.6 is 0 Å². The standard InChI is InChI=1S/C18H12F5NO/c1-11-15(24-16(25-11)17(19,20)18(21,22)23)14-9-7-13(8-10-14)12-5-3-2-4-6-12/h2-10H,1H3. The molecule has 0 spiro atoms. The first kappa shape index (κ1) is 17.1. The fourth-order valence-corrected chi connectivity index (χ4v) is 2.37. The third kappa shape index (κ3) is 3.14. The Labute approximate surface area is 139 Å². The third-order valence-corrected chi connectivity index (χ3v) is 3.69. The molecule has 0 bridgehead atoms. The molecule has 0 radical (unpaired) electrons. The zero-order valence-corrected chi connectivity index (χ0v) is 12.9. The lowest BCUT2D eigenvalue weighted by Crippen LogP contribution is -2.33. The van der Waals surface area contributed by atoms with Gasteiger partial charge < -0.3 is 4.42 Å². The largest absolute Gasteiger partial charge is 0.463 e. The van der Waals surface area contributed by atoms with Crippen molar-refractivity contribution in [3.8, 4) is 22.4 Å². The van der Waals surface area contributed by atoms with Crippen LogP contribution in [0.1, 0.15) is 11.7 Å². The number of oxazole rings is 1. The van der Waals surface area contributed by atoms with Crippen molar-refractivity contribution in [2.75, 3.05) is 0 Å². The van der Waals surface area contributed by atoms with Gasteiger partial charge in [0.2, 0.25) is 0 Å². The van der Waals surface area contributed by atoms with Gasteiger partial charge in [-0.15, -0.1) is 0 Å². The Morgan fingerprint density at radius 3 is 1.84 bits per heavy atom. The summed E-state index contributed by atoms with van der Waals surface area (Å²) in [5.74, 6) is -6.90. The Morgan fingerprint density at radius 1 is 0.760 bits per heavy atom. The molecular weight excluding hydrogens is 341 g/mol. The molecule has 130 valence electrons. The topological polar surface area (TPSA) is 26.0 Å². The van der Waals surface area contributed by atoms with Crippen molar-refractivity contribution in [2.45, 2.75) is 19.0 Å². The van der Waals surface area contributed by atoms with E-state index in [2.05, 4.69) is 9.40 Å². The molecule has 0 aliphatic heterocycles. The quantitative estimate of drug-likeness (QED) is 0.542. The zero-order valence-electron chi connectivity index (χ0n) is 12.9. The van der Waals surface area contributed by atoms with Crippen LogP contribution in [0, 0.1) is 6.92 Å². The first-order valence-electron chi connectivity index (χ1n) is 7.28. The van der Waals surface area contributed by atoms with Gasteiger partial charge in [-0.2, -0.15) is 22.0 Å². The van der Waals surface area contributed by atoms with E-state index >= 15 is 0 Å². The molecule has 0 unspecified atom stereocenters. The number of rotatable bonds is 3. The summed E-state index contributed by atoms with van der Waals surface area (Å²) < 4.78 is 68.7. The number of benzene rings is 2. The highest BCUT2D eigenvalue weighted by Crippen LogP contribution is 2.44. The van der Waals surface area contributed by atoms with Gasteiger partial charge in [-0.25, -0.2) is 4.98 Å². The van der Waals surface area contributed by atoms with Crippen LogP contribution in [0.5, 0.6) is 0 Å². The molecule has 0 fully saturated rings. The predicted octanol–water partition coefficient (Wildman–Crippen LogP) is 5.97. The zero-order chi connectivity index (χ0) is 18.2. The van der Waals surface area contributed by atoms with Crippen LogP contribution in [-0.4, -0.2) is 11.2 Å². The summed E-state index contributed by atoms with van der Waals surface area (Å²) in [5.41, 5.74) is 2.19. The lowest BCUT2D eigenvalue weighted by atomic mass is 10.0. The predicted molar refractivity (Wildman–Crippen MR) is 82.1 cm³/mol. The van der Waals surface area contributed by atoms with Crippen LogP contribution in [0.25, 0.3) is 22.4 Å². The minimum Gasteiger partial charge on any atom is -0.440 e. The molecule has 25 heavy (non-hydrogen) atoms. The molecular formula is C18H12F5NO. The SMILES string of the molecule is Cc1oc(C(F)(F)C(F)(F)F)nc1-c1ccc(-c2ccccc2)cc1. The van der Waals surface area contributed by atoms with Crippen LogP contribution in [0.4, 0.5) is 22.0 Å². The Hall–Kier alpha value is -2.70. The van der Waals surface area contributed by atoms with Crippen LogP contribution in [-0.2, 0) is 5.92 Å². The third-order valence-electron chi connectivity index (χ3n) is 3.69. The molecule has 2 nitrogen and oxygen atoms in total. The number of nitrogens with zero attached hydrogens (tertiary/aromatic N) is 1. The van der Waals surface area contributed by atoms with Crippen molar-refractivity contribution in [1.82, 2.24) is 4.98 Å². The number of halogens is 5. The summed E-state index contributed by atoms with van der Waals surface area (Å²) in [5, 5.41) is 0. The van der Waals surface area contributed by atoms with E-state index in [9.17, 15) is 22.0 Å². The van der Waals surface area contributed by atoms with E-state index in [1.807, 2.05) is 30.3 Å². The molecule has 0 N–H and O–H groups in total. The summed E-state index contributed by atoms with van der Waals surface area (Å²) in [4.78, 5) is 3.38. The van der Waals surface area contributed by atoms with Crippen LogP contribution in [0.15, 0.2) is 59.0 Å². The van der Waals surface area contributed by atoms with Crippen LogP contribution < -0.4 is 0 Å². The Kier molecular flexibility index (Phi) is 4.10. The summed E-state index contributed by atoms with van der Waals surface area (Å²) in [6, 6.07) is 16.1. The molecule has 0 saturated heterocycles. The minimum absolute atomic E-state index is 0.0430. The lowest BCUT2D eigenvalue weighted by molar-refractivity contribution is -0.297. The van der Waals surface area contributed by atoms with Crippen molar-refractivity contribution in [1.29, 1.82) is 0 Å². The molecule has 3 aromatic rings. The summed E-state index contributed by atoms with van der Waals surface area (Å²) in [6.07, 6.45) is -5.77. The van der Waals surface area contributed by atoms with Crippen molar-refractivity contribution in [3.63, 3.8) is 0 Å². The van der Waals surface area contributed by atoms with Gasteiger partial charge in [0.15, 0.2) is 0 Å². The van der Waals surface area contributed by atoms with E-state index in [0.29, 0.717) is 5.56 Å². The molecule has 0 amide bonds. The second-order valence-corrected chi connectivity index (χ2v) is 5.44. The maximum absolute atomic E-state index is 13.4. The average Bonchev–Trinajstić information content (AvgIpc) is 2.97. The fraction of sp³-hybridized carbons (Fsp3) is 0.167. The molecule has 0 saturated carbocycles. The van der Waals surface area contributed by atoms with E-state index in [1.54, 1.807) is 24.3 Å². The number of aromatic nitrogens is 1. The maximum Gasteiger partial charge on any atom is 0.463 e. The van der Waals surface area contributed by atoms with Gasteiger partial charge in [-0.1, -0.05) is 54.6 Å². The van der Waals surface area contributed by atoms with Gasteiger partial charge in [-0.3, -0.25) is 0 Å². The van der Waals surface area contributed by atoms with Crippen LogP contribution in [0.2, 0.25) is 0 Å². The lowest BCUT2D eigenvalue weighted by Gasteiger charge is -2.15. The number of hydrogen-bond donors (Lipinski definition) is 0.